The number of carbonyl (C=O) groups excluding carboxylic acids is 1. The summed E-state index contributed by atoms with van der Waals surface area (Å²) in [7, 11) is 3.15. The average Bonchev–Trinajstić information content (AvgIpc) is 2.66. The summed E-state index contributed by atoms with van der Waals surface area (Å²) in [6, 6.07) is 7.64. The van der Waals surface area contributed by atoms with Crippen LogP contribution in [0.1, 0.15) is 35.7 Å². The Hall–Kier alpha value is -2.83. The van der Waals surface area contributed by atoms with E-state index in [2.05, 4.69) is 21.4 Å². The van der Waals surface area contributed by atoms with E-state index in [1.54, 1.807) is 20.3 Å². The highest BCUT2D eigenvalue weighted by atomic mass is 16.5. The number of anilines is 1. The van der Waals surface area contributed by atoms with Crippen molar-refractivity contribution in [3.8, 4) is 11.8 Å². The SMILES string of the molecule is COc1cc(OC)nc(C2CCN(C(=O)Nc3cc(C)cc(C)c3)CC2)n1. The van der Waals surface area contributed by atoms with Gasteiger partial charge >= 0.3 is 6.03 Å². The third-order valence-electron chi connectivity index (χ3n) is 4.73. The molecule has 0 bridgehead atoms. The fourth-order valence-corrected chi connectivity index (χ4v) is 3.40. The van der Waals surface area contributed by atoms with Gasteiger partial charge < -0.3 is 19.7 Å². The zero-order chi connectivity index (χ0) is 19.4. The van der Waals surface area contributed by atoms with E-state index in [9.17, 15) is 4.79 Å². The molecule has 1 aliphatic heterocycles. The lowest BCUT2D eigenvalue weighted by molar-refractivity contribution is 0.193. The number of hydrogen-bond donors (Lipinski definition) is 1. The highest BCUT2D eigenvalue weighted by molar-refractivity contribution is 5.89. The van der Waals surface area contributed by atoms with E-state index in [0.29, 0.717) is 30.7 Å². The van der Waals surface area contributed by atoms with Crippen LogP contribution in [0.3, 0.4) is 0 Å². The molecule has 1 saturated heterocycles. The van der Waals surface area contributed by atoms with E-state index in [1.807, 2.05) is 30.9 Å². The maximum atomic E-state index is 12.6. The van der Waals surface area contributed by atoms with Crippen molar-refractivity contribution < 1.29 is 14.3 Å². The van der Waals surface area contributed by atoms with E-state index in [1.165, 1.54) is 0 Å². The number of benzene rings is 1. The summed E-state index contributed by atoms with van der Waals surface area (Å²) >= 11 is 0. The van der Waals surface area contributed by atoms with Crippen LogP contribution in [0.15, 0.2) is 24.3 Å². The second-order valence-corrected chi connectivity index (χ2v) is 6.88. The predicted octanol–water partition coefficient (Wildman–Crippen LogP) is 3.52. The summed E-state index contributed by atoms with van der Waals surface area (Å²) < 4.78 is 10.5. The largest absolute Gasteiger partial charge is 0.481 e. The summed E-state index contributed by atoms with van der Waals surface area (Å²) in [6.07, 6.45) is 1.60. The standard InChI is InChI=1S/C20H26N4O3/c1-13-9-14(2)11-16(10-13)21-20(25)24-7-5-15(6-8-24)19-22-17(26-3)12-18(23-19)27-4/h9-12,15H,5-8H2,1-4H3,(H,21,25). The molecule has 1 aromatic carbocycles. The molecule has 1 N–H and O–H groups in total. The van der Waals surface area contributed by atoms with Crippen LogP contribution in [0.4, 0.5) is 10.5 Å². The van der Waals surface area contributed by atoms with Gasteiger partial charge in [-0.1, -0.05) is 6.07 Å². The van der Waals surface area contributed by atoms with Gasteiger partial charge in [-0.2, -0.15) is 9.97 Å². The van der Waals surface area contributed by atoms with Crippen LogP contribution < -0.4 is 14.8 Å². The first-order chi connectivity index (χ1) is 13.0. The van der Waals surface area contributed by atoms with E-state index in [4.69, 9.17) is 9.47 Å². The number of hydrogen-bond acceptors (Lipinski definition) is 5. The van der Waals surface area contributed by atoms with Gasteiger partial charge in [-0.15, -0.1) is 0 Å². The number of ether oxygens (including phenoxy) is 2. The molecule has 0 aliphatic carbocycles. The molecular weight excluding hydrogens is 344 g/mol. The number of carbonyl (C=O) groups is 1. The first-order valence-electron chi connectivity index (χ1n) is 9.09. The molecule has 0 spiro atoms. The molecule has 27 heavy (non-hydrogen) atoms. The van der Waals surface area contributed by atoms with E-state index in [0.717, 1.165) is 29.7 Å². The van der Waals surface area contributed by atoms with Crippen molar-refractivity contribution in [2.24, 2.45) is 0 Å². The van der Waals surface area contributed by atoms with Crippen LogP contribution in [0, 0.1) is 13.8 Å². The third-order valence-corrected chi connectivity index (χ3v) is 4.73. The number of piperidine rings is 1. The maximum Gasteiger partial charge on any atom is 0.321 e. The molecule has 3 rings (SSSR count). The molecule has 1 aromatic heterocycles. The van der Waals surface area contributed by atoms with Crippen LogP contribution in [0.25, 0.3) is 0 Å². The van der Waals surface area contributed by atoms with Crippen LogP contribution in [-0.2, 0) is 0 Å². The number of urea groups is 1. The highest BCUT2D eigenvalue weighted by Crippen LogP contribution is 2.29. The zero-order valence-electron chi connectivity index (χ0n) is 16.3. The number of aryl methyl sites for hydroxylation is 2. The van der Waals surface area contributed by atoms with Crippen molar-refractivity contribution in [1.29, 1.82) is 0 Å². The molecule has 7 nitrogen and oxygen atoms in total. The molecule has 2 amide bonds. The number of nitrogens with one attached hydrogen (secondary N) is 1. The number of rotatable bonds is 4. The Morgan fingerprint density at radius 1 is 1.00 bits per heavy atom. The summed E-state index contributed by atoms with van der Waals surface area (Å²) in [6.45, 7) is 5.36. The third kappa shape index (κ3) is 4.67. The summed E-state index contributed by atoms with van der Waals surface area (Å²) in [5, 5.41) is 3.00. The molecule has 0 saturated carbocycles. The molecule has 1 aliphatic rings. The fourth-order valence-electron chi connectivity index (χ4n) is 3.40. The Labute approximate surface area is 159 Å². The van der Waals surface area contributed by atoms with Crippen molar-refractivity contribution in [1.82, 2.24) is 14.9 Å². The number of likely N-dealkylation sites (tertiary alicyclic amines) is 1. The van der Waals surface area contributed by atoms with E-state index < -0.39 is 0 Å². The second-order valence-electron chi connectivity index (χ2n) is 6.88. The molecule has 2 aromatic rings. The Kier molecular flexibility index (Phi) is 5.78. The molecule has 1 fully saturated rings. The molecular formula is C20H26N4O3. The van der Waals surface area contributed by atoms with Gasteiger partial charge in [0.25, 0.3) is 0 Å². The smallest absolute Gasteiger partial charge is 0.321 e. The summed E-state index contributed by atoms with van der Waals surface area (Å²) in [5.74, 6) is 1.87. The van der Waals surface area contributed by atoms with Crippen molar-refractivity contribution in [2.75, 3.05) is 32.6 Å². The predicted molar refractivity (Wildman–Crippen MR) is 104 cm³/mol. The second kappa shape index (κ2) is 8.24. The maximum absolute atomic E-state index is 12.6. The number of nitrogens with zero attached hydrogens (tertiary/aromatic N) is 3. The minimum absolute atomic E-state index is 0.0670. The van der Waals surface area contributed by atoms with Crippen LogP contribution in [0.5, 0.6) is 11.8 Å². The molecule has 144 valence electrons. The fraction of sp³-hybridized carbons (Fsp3) is 0.450. The summed E-state index contributed by atoms with van der Waals surface area (Å²) in [5.41, 5.74) is 3.10. The minimum Gasteiger partial charge on any atom is -0.481 e. The van der Waals surface area contributed by atoms with Gasteiger partial charge in [-0.3, -0.25) is 0 Å². The van der Waals surface area contributed by atoms with E-state index >= 15 is 0 Å². The van der Waals surface area contributed by atoms with Crippen LogP contribution in [-0.4, -0.2) is 48.2 Å². The van der Waals surface area contributed by atoms with E-state index in [-0.39, 0.29) is 11.9 Å². The molecule has 2 heterocycles. The lowest BCUT2D eigenvalue weighted by atomic mass is 9.96. The first kappa shape index (κ1) is 18.9. The summed E-state index contributed by atoms with van der Waals surface area (Å²) in [4.78, 5) is 23.3. The highest BCUT2D eigenvalue weighted by Gasteiger charge is 2.26. The van der Waals surface area contributed by atoms with Gasteiger partial charge in [-0.05, 0) is 49.9 Å². The number of aromatic nitrogens is 2. The quantitative estimate of drug-likeness (QED) is 0.891. The van der Waals surface area contributed by atoms with Crippen molar-refractivity contribution in [3.63, 3.8) is 0 Å². The Morgan fingerprint density at radius 2 is 1.56 bits per heavy atom. The number of methoxy groups -OCH3 is 2. The molecule has 0 atom stereocenters. The Bertz CT molecular complexity index is 774. The van der Waals surface area contributed by atoms with Crippen molar-refractivity contribution in [2.45, 2.75) is 32.6 Å². The van der Waals surface area contributed by atoms with Gasteiger partial charge in [0.2, 0.25) is 11.8 Å². The lowest BCUT2D eigenvalue weighted by Gasteiger charge is -2.31. The van der Waals surface area contributed by atoms with Gasteiger partial charge in [0.15, 0.2) is 0 Å². The topological polar surface area (TPSA) is 76.6 Å². The van der Waals surface area contributed by atoms with Gasteiger partial charge in [0.1, 0.15) is 5.82 Å². The lowest BCUT2D eigenvalue weighted by Crippen LogP contribution is -2.40. The Morgan fingerprint density at radius 3 is 2.07 bits per heavy atom. The molecule has 7 heteroatoms. The van der Waals surface area contributed by atoms with Gasteiger partial charge in [0.05, 0.1) is 20.3 Å². The monoisotopic (exact) mass is 370 g/mol. The minimum atomic E-state index is -0.0670. The van der Waals surface area contributed by atoms with Crippen molar-refractivity contribution >= 4 is 11.7 Å². The zero-order valence-corrected chi connectivity index (χ0v) is 16.3. The molecule has 0 radical (unpaired) electrons. The van der Waals surface area contributed by atoms with Gasteiger partial charge in [0, 0.05) is 24.7 Å². The van der Waals surface area contributed by atoms with Gasteiger partial charge in [-0.25, -0.2) is 4.79 Å². The molecule has 0 unspecified atom stereocenters. The van der Waals surface area contributed by atoms with Crippen LogP contribution in [0.2, 0.25) is 0 Å². The normalized spacial score (nSPS) is 14.7. The first-order valence-corrected chi connectivity index (χ1v) is 9.09. The average molecular weight is 370 g/mol. The van der Waals surface area contributed by atoms with Crippen LogP contribution >= 0.6 is 0 Å². The Balaban J connectivity index is 1.62. The van der Waals surface area contributed by atoms with Crippen molar-refractivity contribution in [3.05, 3.63) is 41.2 Å². The number of amides is 2.